The van der Waals surface area contributed by atoms with Crippen LogP contribution in [0.15, 0.2) is 17.0 Å². The van der Waals surface area contributed by atoms with E-state index in [0.717, 1.165) is 24.0 Å². The molecule has 1 saturated heterocycles. The normalized spacial score (nSPS) is 17.6. The number of piperidine rings is 1. The van der Waals surface area contributed by atoms with Gasteiger partial charge in [-0.15, -0.1) is 12.4 Å². The number of hydrogen-bond donors (Lipinski definition) is 1. The van der Waals surface area contributed by atoms with Crippen LogP contribution in [0.5, 0.6) is 0 Å². The molecule has 0 unspecified atom stereocenters. The number of rotatable bonds is 3. The van der Waals surface area contributed by atoms with E-state index in [1.807, 2.05) is 26.0 Å². The predicted octanol–water partition coefficient (Wildman–Crippen LogP) is 3.38. The lowest BCUT2D eigenvalue weighted by atomic mass is 9.85. The zero-order chi connectivity index (χ0) is 17.4. The first-order valence-electron chi connectivity index (χ1n) is 8.39. The fourth-order valence-corrected chi connectivity index (χ4v) is 5.19. The quantitative estimate of drug-likeness (QED) is 0.881. The van der Waals surface area contributed by atoms with Crippen LogP contribution < -0.4 is 5.73 Å². The maximum absolute atomic E-state index is 13.1. The number of hydrogen-bond acceptors (Lipinski definition) is 3. The van der Waals surface area contributed by atoms with Gasteiger partial charge < -0.3 is 5.73 Å². The molecular weight excluding hydrogens is 344 g/mol. The van der Waals surface area contributed by atoms with Crippen LogP contribution in [0.3, 0.4) is 0 Å². The molecule has 0 bridgehead atoms. The van der Waals surface area contributed by atoms with Crippen LogP contribution in [0, 0.1) is 19.8 Å². The highest BCUT2D eigenvalue weighted by atomic mass is 35.5. The second kappa shape index (κ2) is 7.73. The Labute approximate surface area is 153 Å². The fourth-order valence-electron chi connectivity index (χ4n) is 3.30. The van der Waals surface area contributed by atoms with Gasteiger partial charge in [0.1, 0.15) is 0 Å². The Kier molecular flexibility index (Phi) is 6.90. The van der Waals surface area contributed by atoms with Crippen molar-refractivity contribution in [2.45, 2.75) is 57.8 Å². The lowest BCUT2D eigenvalue weighted by Gasteiger charge is -2.32. The SMILES string of the molecule is Cc1cc(C(C)(C)C)cc(C)c1S(=O)(=O)N1CCC(CN)CC1.Cl. The van der Waals surface area contributed by atoms with Gasteiger partial charge in [0, 0.05) is 13.1 Å². The number of aryl methyl sites for hydroxylation is 2. The van der Waals surface area contributed by atoms with E-state index in [-0.39, 0.29) is 17.8 Å². The minimum absolute atomic E-state index is 0. The monoisotopic (exact) mass is 374 g/mol. The van der Waals surface area contributed by atoms with Gasteiger partial charge in [-0.25, -0.2) is 8.42 Å². The van der Waals surface area contributed by atoms with Gasteiger partial charge >= 0.3 is 0 Å². The topological polar surface area (TPSA) is 63.4 Å². The summed E-state index contributed by atoms with van der Waals surface area (Å²) in [7, 11) is -3.42. The molecule has 0 atom stereocenters. The van der Waals surface area contributed by atoms with E-state index in [1.165, 1.54) is 5.56 Å². The number of benzene rings is 1. The molecule has 2 rings (SSSR count). The van der Waals surface area contributed by atoms with Gasteiger partial charge in [-0.1, -0.05) is 32.9 Å². The van der Waals surface area contributed by atoms with Gasteiger partial charge in [0.05, 0.1) is 4.90 Å². The van der Waals surface area contributed by atoms with Crippen molar-refractivity contribution in [3.63, 3.8) is 0 Å². The van der Waals surface area contributed by atoms with Crippen LogP contribution in [0.4, 0.5) is 0 Å². The molecule has 0 saturated carbocycles. The Hall–Kier alpha value is -0.620. The van der Waals surface area contributed by atoms with Crippen molar-refractivity contribution in [3.05, 3.63) is 28.8 Å². The summed E-state index contributed by atoms with van der Waals surface area (Å²) in [5.74, 6) is 0.451. The van der Waals surface area contributed by atoms with Gasteiger partial charge in [0.15, 0.2) is 0 Å². The molecule has 0 aromatic heterocycles. The van der Waals surface area contributed by atoms with Gasteiger partial charge in [-0.3, -0.25) is 0 Å². The predicted molar refractivity (Wildman–Crippen MR) is 102 cm³/mol. The van der Waals surface area contributed by atoms with E-state index >= 15 is 0 Å². The molecule has 1 aromatic rings. The molecule has 1 aromatic carbocycles. The zero-order valence-electron chi connectivity index (χ0n) is 15.4. The molecule has 1 aliphatic rings. The van der Waals surface area contributed by atoms with Crippen LogP contribution in [0.2, 0.25) is 0 Å². The molecule has 6 heteroatoms. The van der Waals surface area contributed by atoms with Crippen LogP contribution >= 0.6 is 12.4 Å². The lowest BCUT2D eigenvalue weighted by molar-refractivity contribution is 0.278. The number of nitrogens with two attached hydrogens (primary N) is 1. The molecule has 1 heterocycles. The second-order valence-electron chi connectivity index (χ2n) is 7.77. The molecule has 138 valence electrons. The summed E-state index contributed by atoms with van der Waals surface area (Å²) < 4.78 is 27.8. The zero-order valence-corrected chi connectivity index (χ0v) is 17.1. The maximum Gasteiger partial charge on any atom is 0.243 e. The molecule has 1 aliphatic heterocycles. The Morgan fingerprint density at radius 2 is 1.58 bits per heavy atom. The van der Waals surface area contributed by atoms with Gasteiger partial charge in [0.2, 0.25) is 10.0 Å². The average Bonchev–Trinajstić information content (AvgIpc) is 2.45. The molecule has 24 heavy (non-hydrogen) atoms. The minimum atomic E-state index is -3.42. The summed E-state index contributed by atoms with van der Waals surface area (Å²) in [6, 6.07) is 4.04. The van der Waals surface area contributed by atoms with E-state index in [9.17, 15) is 8.42 Å². The molecule has 0 amide bonds. The minimum Gasteiger partial charge on any atom is -0.330 e. The highest BCUT2D eigenvalue weighted by Gasteiger charge is 2.31. The van der Waals surface area contributed by atoms with E-state index in [1.54, 1.807) is 4.31 Å². The average molecular weight is 375 g/mol. The van der Waals surface area contributed by atoms with E-state index in [2.05, 4.69) is 20.8 Å². The van der Waals surface area contributed by atoms with Crippen molar-refractivity contribution in [2.75, 3.05) is 19.6 Å². The van der Waals surface area contributed by atoms with Crippen molar-refractivity contribution in [1.29, 1.82) is 0 Å². The van der Waals surface area contributed by atoms with Crippen LogP contribution in [0.1, 0.15) is 50.3 Å². The van der Waals surface area contributed by atoms with Gasteiger partial charge in [-0.2, -0.15) is 4.31 Å². The first-order chi connectivity index (χ1) is 10.6. The molecule has 1 fully saturated rings. The molecule has 0 aliphatic carbocycles. The second-order valence-corrected chi connectivity index (χ2v) is 9.65. The van der Waals surface area contributed by atoms with Crippen molar-refractivity contribution in [2.24, 2.45) is 11.7 Å². The van der Waals surface area contributed by atoms with Crippen molar-refractivity contribution in [1.82, 2.24) is 4.31 Å². The summed E-state index contributed by atoms with van der Waals surface area (Å²) in [5.41, 5.74) is 8.58. The third-order valence-corrected chi connectivity index (χ3v) is 7.04. The number of nitrogens with zero attached hydrogens (tertiary/aromatic N) is 1. The summed E-state index contributed by atoms with van der Waals surface area (Å²) in [4.78, 5) is 0.483. The first kappa shape index (κ1) is 21.4. The summed E-state index contributed by atoms with van der Waals surface area (Å²) in [5, 5.41) is 0. The van der Waals surface area contributed by atoms with Crippen LogP contribution in [-0.4, -0.2) is 32.4 Å². The van der Waals surface area contributed by atoms with Crippen molar-refractivity contribution < 1.29 is 8.42 Å². The highest BCUT2D eigenvalue weighted by molar-refractivity contribution is 7.89. The Morgan fingerprint density at radius 3 is 1.96 bits per heavy atom. The van der Waals surface area contributed by atoms with E-state index in [4.69, 9.17) is 5.73 Å². The smallest absolute Gasteiger partial charge is 0.243 e. The van der Waals surface area contributed by atoms with Gasteiger partial charge in [-0.05, 0) is 61.3 Å². The summed E-state index contributed by atoms with van der Waals surface area (Å²) in [6.07, 6.45) is 1.71. The molecule has 0 spiro atoms. The van der Waals surface area contributed by atoms with Crippen LogP contribution in [-0.2, 0) is 15.4 Å². The molecule has 2 N–H and O–H groups in total. The van der Waals surface area contributed by atoms with Crippen molar-refractivity contribution in [3.8, 4) is 0 Å². The number of sulfonamides is 1. The molecular formula is C18H31ClN2O2S. The summed E-state index contributed by atoms with van der Waals surface area (Å²) in [6.45, 7) is 12.0. The molecule has 0 radical (unpaired) electrons. The van der Waals surface area contributed by atoms with E-state index in [0.29, 0.717) is 30.4 Å². The largest absolute Gasteiger partial charge is 0.330 e. The standard InChI is InChI=1S/C18H30N2O2S.ClH/c1-13-10-16(18(3,4)5)11-14(2)17(13)23(21,22)20-8-6-15(12-19)7-9-20;/h10-11,15H,6-9,12,19H2,1-5H3;1H. The maximum atomic E-state index is 13.1. The fraction of sp³-hybridized carbons (Fsp3) is 0.667. The van der Waals surface area contributed by atoms with Crippen molar-refractivity contribution >= 4 is 22.4 Å². The number of halogens is 1. The molecule has 4 nitrogen and oxygen atoms in total. The van der Waals surface area contributed by atoms with E-state index < -0.39 is 10.0 Å². The van der Waals surface area contributed by atoms with Crippen LogP contribution in [0.25, 0.3) is 0 Å². The Bertz CT molecular complexity index is 650. The third-order valence-electron chi connectivity index (χ3n) is 4.83. The highest BCUT2D eigenvalue weighted by Crippen LogP contribution is 2.32. The Balaban J connectivity index is 0.00000288. The first-order valence-corrected chi connectivity index (χ1v) is 9.83. The Morgan fingerprint density at radius 1 is 1.12 bits per heavy atom. The third kappa shape index (κ3) is 4.31. The van der Waals surface area contributed by atoms with Gasteiger partial charge in [0.25, 0.3) is 0 Å². The lowest BCUT2D eigenvalue weighted by Crippen LogP contribution is -2.40. The summed E-state index contributed by atoms with van der Waals surface area (Å²) >= 11 is 0.